The van der Waals surface area contributed by atoms with Crippen LogP contribution in [-0.4, -0.2) is 73.0 Å². The van der Waals surface area contributed by atoms with Crippen molar-refractivity contribution in [1.82, 2.24) is 20.9 Å². The largest absolute Gasteiger partial charge is 0.508 e. The van der Waals surface area contributed by atoms with E-state index in [4.69, 9.17) is 5.73 Å². The van der Waals surface area contributed by atoms with Crippen LogP contribution in [0, 0.1) is 5.92 Å². The molecule has 0 aliphatic rings. The highest BCUT2D eigenvalue weighted by Gasteiger charge is 2.28. The zero-order chi connectivity index (χ0) is 27.4. The Labute approximate surface area is 219 Å². The second-order valence-electron chi connectivity index (χ2n) is 10.0. The lowest BCUT2D eigenvalue weighted by atomic mass is 10.0. The first-order valence-corrected chi connectivity index (χ1v) is 12.7. The van der Waals surface area contributed by atoms with Gasteiger partial charge in [-0.25, -0.2) is 0 Å². The summed E-state index contributed by atoms with van der Waals surface area (Å²) in [6.45, 7) is 4.91. The van der Waals surface area contributed by atoms with Gasteiger partial charge >= 0.3 is 0 Å². The van der Waals surface area contributed by atoms with E-state index in [1.807, 2.05) is 30.3 Å². The van der Waals surface area contributed by atoms with Gasteiger partial charge in [-0.05, 0) is 56.1 Å². The maximum Gasteiger partial charge on any atom is 0.244 e. The van der Waals surface area contributed by atoms with E-state index >= 15 is 0 Å². The summed E-state index contributed by atoms with van der Waals surface area (Å²) >= 11 is 0. The van der Waals surface area contributed by atoms with Crippen LogP contribution in [0.1, 0.15) is 31.4 Å². The van der Waals surface area contributed by atoms with Crippen molar-refractivity contribution >= 4 is 17.7 Å². The van der Waals surface area contributed by atoms with E-state index in [1.54, 1.807) is 31.1 Å². The van der Waals surface area contributed by atoms with Gasteiger partial charge < -0.3 is 31.7 Å². The van der Waals surface area contributed by atoms with Crippen LogP contribution in [0.4, 0.5) is 0 Å². The molecule has 6 N–H and O–H groups in total. The Balaban J connectivity index is 2.10. The highest BCUT2D eigenvalue weighted by Crippen LogP contribution is 2.11. The zero-order valence-electron chi connectivity index (χ0n) is 22.2. The number of carbonyl (C=O) groups excluding carboxylic acids is 3. The molecule has 2 rings (SSSR count). The predicted molar refractivity (Wildman–Crippen MR) is 145 cm³/mol. The summed E-state index contributed by atoms with van der Waals surface area (Å²) in [5.41, 5.74) is 7.81. The van der Waals surface area contributed by atoms with Crippen LogP contribution in [0.15, 0.2) is 54.6 Å². The van der Waals surface area contributed by atoms with Gasteiger partial charge in [0.15, 0.2) is 0 Å². The van der Waals surface area contributed by atoms with Gasteiger partial charge in [0.2, 0.25) is 17.7 Å². The first-order chi connectivity index (χ1) is 17.5. The summed E-state index contributed by atoms with van der Waals surface area (Å²) in [6.07, 6.45) is 1.40. The number of aromatic hydroxyl groups is 1. The number of carbonyl (C=O) groups is 3. The standard InChI is InChI=1S/C28H41N5O4/c1-19(2)14-15-30-27(36)24(17-20-8-6-5-7-9-20)31-28(37)25(18-33(3)4)32-26(35)23(29)16-21-10-12-22(34)13-11-21/h5-13,19,23-25,34H,14-18,29H2,1-4H3,(H,30,36)(H,31,37)(H,32,35)/t23-,24-,25+/m0/s1. The predicted octanol–water partition coefficient (Wildman–Crippen LogP) is 1.20. The Bertz CT molecular complexity index is 995. The van der Waals surface area contributed by atoms with Gasteiger partial charge in [0.25, 0.3) is 0 Å². The summed E-state index contributed by atoms with van der Waals surface area (Å²) in [5.74, 6) is -0.637. The summed E-state index contributed by atoms with van der Waals surface area (Å²) in [4.78, 5) is 41.0. The average molecular weight is 512 g/mol. The van der Waals surface area contributed by atoms with Gasteiger partial charge in [-0.15, -0.1) is 0 Å². The molecule has 9 nitrogen and oxygen atoms in total. The summed E-state index contributed by atoms with van der Waals surface area (Å²) in [7, 11) is 3.59. The van der Waals surface area contributed by atoms with Crippen LogP contribution >= 0.6 is 0 Å². The third-order valence-corrected chi connectivity index (χ3v) is 5.85. The number of phenols is 1. The van der Waals surface area contributed by atoms with Gasteiger partial charge in [-0.2, -0.15) is 0 Å². The van der Waals surface area contributed by atoms with Gasteiger partial charge in [0, 0.05) is 19.5 Å². The van der Waals surface area contributed by atoms with E-state index in [0.29, 0.717) is 18.9 Å². The molecule has 0 unspecified atom stereocenters. The first-order valence-electron chi connectivity index (χ1n) is 12.7. The van der Waals surface area contributed by atoms with E-state index in [2.05, 4.69) is 29.8 Å². The molecule has 0 aliphatic heterocycles. The lowest BCUT2D eigenvalue weighted by Gasteiger charge is -2.26. The molecule has 2 aromatic rings. The maximum atomic E-state index is 13.3. The number of nitrogens with zero attached hydrogens (tertiary/aromatic N) is 1. The van der Waals surface area contributed by atoms with Crippen molar-refractivity contribution in [2.24, 2.45) is 11.7 Å². The molecule has 0 radical (unpaired) electrons. The first kappa shape index (κ1) is 29.8. The van der Waals surface area contributed by atoms with Crippen molar-refractivity contribution in [3.05, 3.63) is 65.7 Å². The molecule has 0 saturated heterocycles. The van der Waals surface area contributed by atoms with E-state index < -0.39 is 29.9 Å². The smallest absolute Gasteiger partial charge is 0.244 e. The molecular weight excluding hydrogens is 470 g/mol. The maximum absolute atomic E-state index is 13.3. The average Bonchev–Trinajstić information content (AvgIpc) is 2.84. The van der Waals surface area contributed by atoms with Crippen LogP contribution in [0.25, 0.3) is 0 Å². The lowest BCUT2D eigenvalue weighted by Crippen LogP contribution is -2.59. The number of benzene rings is 2. The van der Waals surface area contributed by atoms with Gasteiger partial charge in [-0.3, -0.25) is 14.4 Å². The highest BCUT2D eigenvalue weighted by atomic mass is 16.3. The number of likely N-dealkylation sites (N-methyl/N-ethyl adjacent to an activating group) is 1. The third kappa shape index (κ3) is 11.0. The zero-order valence-corrected chi connectivity index (χ0v) is 22.2. The Morgan fingerprint density at radius 2 is 1.43 bits per heavy atom. The molecule has 0 heterocycles. The topological polar surface area (TPSA) is 137 Å². The van der Waals surface area contributed by atoms with Crippen molar-refractivity contribution in [3.63, 3.8) is 0 Å². The number of phenolic OH excluding ortho intramolecular Hbond substituents is 1. The second kappa shape index (κ2) is 15.0. The molecule has 3 amide bonds. The molecule has 0 spiro atoms. The van der Waals surface area contributed by atoms with Crippen molar-refractivity contribution in [2.75, 3.05) is 27.2 Å². The van der Waals surface area contributed by atoms with Crippen LogP contribution < -0.4 is 21.7 Å². The lowest BCUT2D eigenvalue weighted by molar-refractivity contribution is -0.132. The highest BCUT2D eigenvalue weighted by molar-refractivity contribution is 5.93. The van der Waals surface area contributed by atoms with Crippen molar-refractivity contribution in [3.8, 4) is 5.75 Å². The Morgan fingerprint density at radius 1 is 0.838 bits per heavy atom. The normalized spacial score (nSPS) is 13.6. The van der Waals surface area contributed by atoms with Gasteiger partial charge in [0.05, 0.1) is 6.04 Å². The van der Waals surface area contributed by atoms with Crippen molar-refractivity contribution < 1.29 is 19.5 Å². The monoisotopic (exact) mass is 511 g/mol. The minimum atomic E-state index is -0.907. The second-order valence-corrected chi connectivity index (χ2v) is 10.0. The van der Waals surface area contributed by atoms with Crippen molar-refractivity contribution in [1.29, 1.82) is 0 Å². The van der Waals surface area contributed by atoms with Gasteiger partial charge in [-0.1, -0.05) is 56.3 Å². The molecule has 37 heavy (non-hydrogen) atoms. The van der Waals surface area contributed by atoms with E-state index in [9.17, 15) is 19.5 Å². The van der Waals surface area contributed by atoms with E-state index in [0.717, 1.165) is 17.5 Å². The van der Waals surface area contributed by atoms with Crippen LogP contribution in [0.2, 0.25) is 0 Å². The SMILES string of the molecule is CC(C)CCNC(=O)[C@H](Cc1ccccc1)NC(=O)[C@@H](CN(C)C)NC(=O)[C@@H](N)Cc1ccc(O)cc1. The van der Waals surface area contributed by atoms with Gasteiger partial charge in [0.1, 0.15) is 17.8 Å². The number of amides is 3. The number of hydrogen-bond donors (Lipinski definition) is 5. The molecule has 2 aromatic carbocycles. The Kier molecular flexibility index (Phi) is 12.1. The number of nitrogens with two attached hydrogens (primary N) is 1. The fourth-order valence-electron chi connectivity index (χ4n) is 3.76. The molecular formula is C28H41N5O4. The molecule has 3 atom stereocenters. The molecule has 0 aliphatic carbocycles. The minimum Gasteiger partial charge on any atom is -0.508 e. The Morgan fingerprint density at radius 3 is 2.03 bits per heavy atom. The van der Waals surface area contributed by atoms with Crippen LogP contribution in [0.3, 0.4) is 0 Å². The van der Waals surface area contributed by atoms with Crippen LogP contribution in [-0.2, 0) is 27.2 Å². The van der Waals surface area contributed by atoms with Crippen LogP contribution in [0.5, 0.6) is 5.75 Å². The molecule has 202 valence electrons. The molecule has 0 bridgehead atoms. The molecule has 0 aromatic heterocycles. The summed E-state index contributed by atoms with van der Waals surface area (Å²) in [5, 5.41) is 18.0. The fourth-order valence-corrected chi connectivity index (χ4v) is 3.76. The number of rotatable bonds is 14. The molecule has 0 fully saturated rings. The van der Waals surface area contributed by atoms with E-state index in [-0.39, 0.29) is 24.6 Å². The number of nitrogens with one attached hydrogen (secondary N) is 3. The van der Waals surface area contributed by atoms with E-state index in [1.165, 1.54) is 12.1 Å². The fraction of sp³-hybridized carbons (Fsp3) is 0.464. The minimum absolute atomic E-state index is 0.128. The number of hydrogen-bond acceptors (Lipinski definition) is 6. The third-order valence-electron chi connectivity index (χ3n) is 5.85. The van der Waals surface area contributed by atoms with Crippen molar-refractivity contribution in [2.45, 2.75) is 51.2 Å². The molecule has 0 saturated carbocycles. The summed E-state index contributed by atoms with van der Waals surface area (Å²) in [6, 6.07) is 13.3. The quantitative estimate of drug-likeness (QED) is 0.259. The molecule has 9 heteroatoms. The summed E-state index contributed by atoms with van der Waals surface area (Å²) < 4.78 is 0. The Hall–Kier alpha value is -3.43.